The minimum absolute atomic E-state index is 0.168. The third kappa shape index (κ3) is 2.52. The van der Waals surface area contributed by atoms with E-state index in [4.69, 9.17) is 9.26 Å². The number of imidazole rings is 1. The van der Waals surface area contributed by atoms with E-state index in [1.807, 2.05) is 12.4 Å². The van der Waals surface area contributed by atoms with Gasteiger partial charge in [-0.15, -0.1) is 0 Å². The molecule has 0 spiro atoms. The lowest BCUT2D eigenvalue weighted by atomic mass is 9.99. The van der Waals surface area contributed by atoms with Gasteiger partial charge in [0.2, 0.25) is 5.76 Å². The number of hydrogen-bond donors (Lipinski definition) is 1. The summed E-state index contributed by atoms with van der Waals surface area (Å²) in [6.45, 7) is 1.49. The first-order chi connectivity index (χ1) is 9.76. The van der Waals surface area contributed by atoms with E-state index in [2.05, 4.69) is 20.0 Å². The molecule has 7 heteroatoms. The lowest BCUT2D eigenvalue weighted by Gasteiger charge is -2.23. The van der Waals surface area contributed by atoms with Crippen LogP contribution in [0.4, 0.5) is 0 Å². The Balaban J connectivity index is 1.54. The van der Waals surface area contributed by atoms with Gasteiger partial charge in [-0.25, -0.2) is 4.98 Å². The minimum Gasteiger partial charge on any atom is -0.479 e. The van der Waals surface area contributed by atoms with Crippen LogP contribution in [0.5, 0.6) is 5.88 Å². The Bertz CT molecular complexity index is 604. The van der Waals surface area contributed by atoms with Gasteiger partial charge in [-0.3, -0.25) is 4.79 Å². The molecule has 2 aromatic heterocycles. The Kier molecular flexibility index (Phi) is 3.41. The van der Waals surface area contributed by atoms with Gasteiger partial charge in [0, 0.05) is 31.9 Å². The second-order valence-corrected chi connectivity index (χ2v) is 4.84. The zero-order chi connectivity index (χ0) is 13.9. The number of hydrogen-bond acceptors (Lipinski definition) is 5. The average molecular weight is 276 g/mol. The van der Waals surface area contributed by atoms with Gasteiger partial charge in [0.1, 0.15) is 5.82 Å². The Hall–Kier alpha value is -2.31. The molecule has 2 aromatic rings. The van der Waals surface area contributed by atoms with E-state index >= 15 is 0 Å². The molecule has 0 saturated heterocycles. The Morgan fingerprint density at radius 1 is 1.65 bits per heavy atom. The zero-order valence-electron chi connectivity index (χ0n) is 11.2. The standard InChI is InChI=1S/C13H16N4O3/c1-19-12-6-10(20-16-12)13(18)15-7-9-2-3-11-14-4-5-17(11)8-9/h4-6,9H,2-3,7-8H2,1H3,(H,15,18)/t9-/m0/s1. The number of aryl methyl sites for hydroxylation is 1. The van der Waals surface area contributed by atoms with Crippen molar-refractivity contribution >= 4 is 5.91 Å². The van der Waals surface area contributed by atoms with E-state index in [-0.39, 0.29) is 11.7 Å². The number of aromatic nitrogens is 3. The van der Waals surface area contributed by atoms with Crippen molar-refractivity contribution in [2.24, 2.45) is 5.92 Å². The summed E-state index contributed by atoms with van der Waals surface area (Å²) in [5.74, 6) is 1.73. The summed E-state index contributed by atoms with van der Waals surface area (Å²) in [4.78, 5) is 16.2. The molecule has 0 bridgehead atoms. The second kappa shape index (κ2) is 5.36. The predicted molar refractivity (Wildman–Crippen MR) is 69.4 cm³/mol. The Labute approximate surface area is 115 Å². The zero-order valence-corrected chi connectivity index (χ0v) is 11.2. The molecule has 0 aromatic carbocycles. The third-order valence-electron chi connectivity index (χ3n) is 3.51. The molecule has 1 N–H and O–H groups in total. The highest BCUT2D eigenvalue weighted by molar-refractivity contribution is 5.91. The summed E-state index contributed by atoms with van der Waals surface area (Å²) in [5, 5.41) is 6.47. The van der Waals surface area contributed by atoms with Crippen LogP contribution < -0.4 is 10.1 Å². The van der Waals surface area contributed by atoms with Gasteiger partial charge in [0.15, 0.2) is 0 Å². The quantitative estimate of drug-likeness (QED) is 0.896. The predicted octanol–water partition coefficient (Wildman–Crippen LogP) is 0.872. The lowest BCUT2D eigenvalue weighted by Crippen LogP contribution is -2.33. The molecule has 3 rings (SSSR count). The molecule has 0 radical (unpaired) electrons. The summed E-state index contributed by atoms with van der Waals surface area (Å²) < 4.78 is 11.9. The number of carbonyl (C=O) groups is 1. The van der Waals surface area contributed by atoms with Crippen LogP contribution in [-0.4, -0.2) is 34.3 Å². The van der Waals surface area contributed by atoms with Gasteiger partial charge >= 0.3 is 0 Å². The maximum Gasteiger partial charge on any atom is 0.290 e. The number of amides is 1. The first-order valence-corrected chi connectivity index (χ1v) is 6.55. The van der Waals surface area contributed by atoms with E-state index in [1.54, 1.807) is 0 Å². The summed E-state index contributed by atoms with van der Waals surface area (Å²) in [5.41, 5.74) is 0. The van der Waals surface area contributed by atoms with Crippen molar-refractivity contribution in [3.63, 3.8) is 0 Å². The molecular weight excluding hydrogens is 260 g/mol. The fourth-order valence-electron chi connectivity index (χ4n) is 2.39. The number of ether oxygens (including phenoxy) is 1. The molecule has 1 amide bonds. The van der Waals surface area contributed by atoms with E-state index in [0.29, 0.717) is 18.3 Å². The number of carbonyl (C=O) groups excluding carboxylic acids is 1. The van der Waals surface area contributed by atoms with E-state index in [9.17, 15) is 4.79 Å². The molecule has 7 nitrogen and oxygen atoms in total. The second-order valence-electron chi connectivity index (χ2n) is 4.84. The van der Waals surface area contributed by atoms with Gasteiger partial charge in [0.25, 0.3) is 11.8 Å². The first kappa shape index (κ1) is 12.7. The monoisotopic (exact) mass is 276 g/mol. The van der Waals surface area contributed by atoms with Crippen molar-refractivity contribution in [2.45, 2.75) is 19.4 Å². The van der Waals surface area contributed by atoms with Crippen LogP contribution in [0.15, 0.2) is 23.0 Å². The van der Waals surface area contributed by atoms with E-state index < -0.39 is 0 Å². The van der Waals surface area contributed by atoms with Gasteiger partial charge in [-0.05, 0) is 17.5 Å². The van der Waals surface area contributed by atoms with Crippen molar-refractivity contribution in [2.75, 3.05) is 13.7 Å². The van der Waals surface area contributed by atoms with E-state index in [1.165, 1.54) is 13.2 Å². The smallest absolute Gasteiger partial charge is 0.290 e. The molecule has 0 aliphatic carbocycles. The largest absolute Gasteiger partial charge is 0.479 e. The highest BCUT2D eigenvalue weighted by atomic mass is 16.5. The molecule has 1 aliphatic heterocycles. The summed E-state index contributed by atoms with van der Waals surface area (Å²) >= 11 is 0. The summed E-state index contributed by atoms with van der Waals surface area (Å²) in [6.07, 6.45) is 5.77. The first-order valence-electron chi connectivity index (χ1n) is 6.55. The van der Waals surface area contributed by atoms with Gasteiger partial charge in [0.05, 0.1) is 13.2 Å². The highest BCUT2D eigenvalue weighted by Gasteiger charge is 2.20. The topological polar surface area (TPSA) is 82.2 Å². The summed E-state index contributed by atoms with van der Waals surface area (Å²) in [7, 11) is 1.48. The van der Waals surface area contributed by atoms with Crippen molar-refractivity contribution in [3.8, 4) is 5.88 Å². The van der Waals surface area contributed by atoms with Crippen LogP contribution in [0.2, 0.25) is 0 Å². The fraction of sp³-hybridized carbons (Fsp3) is 0.462. The number of methoxy groups -OCH3 is 1. The number of fused-ring (bicyclic) bond motifs is 1. The molecule has 20 heavy (non-hydrogen) atoms. The number of nitrogens with zero attached hydrogens (tertiary/aromatic N) is 3. The van der Waals surface area contributed by atoms with Crippen LogP contribution in [0.1, 0.15) is 22.8 Å². The summed E-state index contributed by atoms with van der Waals surface area (Å²) in [6, 6.07) is 1.48. The van der Waals surface area contributed by atoms with Gasteiger partial charge in [-0.2, -0.15) is 0 Å². The van der Waals surface area contributed by atoms with Gasteiger partial charge < -0.3 is 19.1 Å². The maximum atomic E-state index is 11.9. The molecule has 1 aliphatic rings. The average Bonchev–Trinajstić information content (AvgIpc) is 3.12. The van der Waals surface area contributed by atoms with Gasteiger partial charge in [-0.1, -0.05) is 0 Å². The van der Waals surface area contributed by atoms with Crippen molar-refractivity contribution in [1.29, 1.82) is 0 Å². The van der Waals surface area contributed by atoms with Crippen LogP contribution in [0, 0.1) is 5.92 Å². The van der Waals surface area contributed by atoms with Crippen molar-refractivity contribution < 1.29 is 14.1 Å². The van der Waals surface area contributed by atoms with Crippen molar-refractivity contribution in [3.05, 3.63) is 30.0 Å². The van der Waals surface area contributed by atoms with Crippen LogP contribution in [0.3, 0.4) is 0 Å². The van der Waals surface area contributed by atoms with Crippen LogP contribution >= 0.6 is 0 Å². The lowest BCUT2D eigenvalue weighted by molar-refractivity contribution is 0.0906. The number of rotatable bonds is 4. The fourth-order valence-corrected chi connectivity index (χ4v) is 2.39. The Morgan fingerprint density at radius 2 is 2.55 bits per heavy atom. The molecule has 106 valence electrons. The molecule has 0 saturated carbocycles. The molecule has 0 fully saturated rings. The molecule has 0 unspecified atom stereocenters. The number of nitrogens with one attached hydrogen (secondary N) is 1. The van der Waals surface area contributed by atoms with Crippen LogP contribution in [-0.2, 0) is 13.0 Å². The Morgan fingerprint density at radius 3 is 3.35 bits per heavy atom. The molecule has 1 atom stereocenters. The molecule has 3 heterocycles. The van der Waals surface area contributed by atoms with Crippen molar-refractivity contribution in [1.82, 2.24) is 20.0 Å². The highest BCUT2D eigenvalue weighted by Crippen LogP contribution is 2.18. The van der Waals surface area contributed by atoms with Crippen LogP contribution in [0.25, 0.3) is 0 Å². The minimum atomic E-state index is -0.266. The van der Waals surface area contributed by atoms with E-state index in [0.717, 1.165) is 25.2 Å². The molecular formula is C13H16N4O3. The third-order valence-corrected chi connectivity index (χ3v) is 3.51. The normalized spacial score (nSPS) is 17.6. The maximum absolute atomic E-state index is 11.9. The SMILES string of the molecule is COc1cc(C(=O)NC[C@@H]2CCc3nccn3C2)on1.